The molecule has 0 bridgehead atoms. The first-order chi connectivity index (χ1) is 11.1. The first kappa shape index (κ1) is 15.4. The summed E-state index contributed by atoms with van der Waals surface area (Å²) in [5.41, 5.74) is 0.852. The quantitative estimate of drug-likeness (QED) is 0.856. The second-order valence-electron chi connectivity index (χ2n) is 5.96. The van der Waals surface area contributed by atoms with Gasteiger partial charge in [0.2, 0.25) is 18.6 Å². The molecule has 6 heteroatoms. The van der Waals surface area contributed by atoms with Crippen molar-refractivity contribution in [1.29, 1.82) is 0 Å². The van der Waals surface area contributed by atoms with Crippen molar-refractivity contribution in [3.63, 3.8) is 0 Å². The van der Waals surface area contributed by atoms with Gasteiger partial charge in [0.1, 0.15) is 6.04 Å². The Morgan fingerprint density at radius 3 is 2.91 bits per heavy atom. The van der Waals surface area contributed by atoms with E-state index in [2.05, 4.69) is 5.32 Å². The van der Waals surface area contributed by atoms with Gasteiger partial charge in [0.25, 0.3) is 0 Å². The van der Waals surface area contributed by atoms with E-state index < -0.39 is 6.04 Å². The lowest BCUT2D eigenvalue weighted by molar-refractivity contribution is -0.141. The molecular formula is C17H20N2O4. The lowest BCUT2D eigenvalue weighted by atomic mass is 9.99. The van der Waals surface area contributed by atoms with E-state index in [1.165, 1.54) is 6.08 Å². The highest BCUT2D eigenvalue weighted by atomic mass is 16.7. The number of piperazine rings is 1. The molecule has 2 aliphatic rings. The molecule has 1 fully saturated rings. The average molecular weight is 316 g/mol. The standard InChI is InChI=1S/C17H20N2O4/c1-11(2)16-17(21)18-7-8-19(16)15(20)6-4-12-3-5-13-14(9-12)23-10-22-13/h3-6,9,11,16H,7-8,10H2,1-2H3,(H,18,21)/b6-4-/t16-/m1/s1. The highest BCUT2D eigenvalue weighted by Crippen LogP contribution is 2.32. The number of rotatable bonds is 3. The van der Waals surface area contributed by atoms with Crippen molar-refractivity contribution < 1.29 is 19.1 Å². The summed E-state index contributed by atoms with van der Waals surface area (Å²) in [5.74, 6) is 1.21. The zero-order valence-electron chi connectivity index (χ0n) is 13.2. The van der Waals surface area contributed by atoms with E-state index in [1.54, 1.807) is 11.0 Å². The second-order valence-corrected chi connectivity index (χ2v) is 5.96. The first-order valence-corrected chi connectivity index (χ1v) is 7.72. The highest BCUT2D eigenvalue weighted by Gasteiger charge is 2.34. The van der Waals surface area contributed by atoms with Crippen LogP contribution in [0.3, 0.4) is 0 Å². The van der Waals surface area contributed by atoms with Crippen molar-refractivity contribution in [1.82, 2.24) is 10.2 Å². The molecule has 0 aromatic heterocycles. The SMILES string of the molecule is CC(C)[C@@H]1C(=O)NCCN1C(=O)/C=C\c1ccc2c(c1)OCO2. The van der Waals surface area contributed by atoms with Crippen LogP contribution in [0.15, 0.2) is 24.3 Å². The lowest BCUT2D eigenvalue weighted by Gasteiger charge is -2.36. The molecular weight excluding hydrogens is 296 g/mol. The summed E-state index contributed by atoms with van der Waals surface area (Å²) < 4.78 is 10.6. The summed E-state index contributed by atoms with van der Waals surface area (Å²) >= 11 is 0. The van der Waals surface area contributed by atoms with Crippen molar-refractivity contribution >= 4 is 17.9 Å². The predicted molar refractivity (Wildman–Crippen MR) is 84.9 cm³/mol. The van der Waals surface area contributed by atoms with Gasteiger partial charge in [0, 0.05) is 19.2 Å². The van der Waals surface area contributed by atoms with Crippen molar-refractivity contribution in [3.05, 3.63) is 29.8 Å². The Balaban J connectivity index is 1.73. The number of fused-ring (bicyclic) bond motifs is 1. The maximum atomic E-state index is 12.5. The molecule has 0 saturated carbocycles. The van der Waals surface area contributed by atoms with Gasteiger partial charge in [0.15, 0.2) is 11.5 Å². The van der Waals surface area contributed by atoms with Crippen LogP contribution in [0.5, 0.6) is 11.5 Å². The minimum atomic E-state index is -0.419. The minimum absolute atomic E-state index is 0.0678. The Hall–Kier alpha value is -2.50. The van der Waals surface area contributed by atoms with E-state index in [4.69, 9.17) is 9.47 Å². The summed E-state index contributed by atoms with van der Waals surface area (Å²) in [6, 6.07) is 5.09. The molecule has 0 aliphatic carbocycles. The maximum absolute atomic E-state index is 12.5. The molecule has 0 spiro atoms. The molecule has 0 unspecified atom stereocenters. The van der Waals surface area contributed by atoms with Crippen molar-refractivity contribution in [2.75, 3.05) is 19.9 Å². The number of benzene rings is 1. The van der Waals surface area contributed by atoms with Gasteiger partial charge in [-0.05, 0) is 29.7 Å². The Morgan fingerprint density at radius 1 is 1.35 bits per heavy atom. The van der Waals surface area contributed by atoms with Crippen LogP contribution in [0.4, 0.5) is 0 Å². The average Bonchev–Trinajstić information content (AvgIpc) is 2.99. The van der Waals surface area contributed by atoms with Crippen molar-refractivity contribution in [2.45, 2.75) is 19.9 Å². The monoisotopic (exact) mass is 316 g/mol. The predicted octanol–water partition coefficient (Wildman–Crippen LogP) is 1.41. The lowest BCUT2D eigenvalue weighted by Crippen LogP contribution is -2.58. The van der Waals surface area contributed by atoms with Crippen LogP contribution in [-0.2, 0) is 9.59 Å². The van der Waals surface area contributed by atoms with Crippen LogP contribution in [0.2, 0.25) is 0 Å². The normalized spacial score (nSPS) is 20.2. The molecule has 0 radical (unpaired) electrons. The molecule has 3 rings (SSSR count). The zero-order valence-corrected chi connectivity index (χ0v) is 13.2. The molecule has 1 saturated heterocycles. The fourth-order valence-corrected chi connectivity index (χ4v) is 2.87. The number of hydrogen-bond donors (Lipinski definition) is 1. The van der Waals surface area contributed by atoms with Crippen LogP contribution in [0.25, 0.3) is 6.08 Å². The summed E-state index contributed by atoms with van der Waals surface area (Å²) in [7, 11) is 0. The largest absolute Gasteiger partial charge is 0.454 e. The highest BCUT2D eigenvalue weighted by molar-refractivity contribution is 5.96. The third kappa shape index (κ3) is 3.16. The van der Waals surface area contributed by atoms with Crippen LogP contribution < -0.4 is 14.8 Å². The summed E-state index contributed by atoms with van der Waals surface area (Å²) in [4.78, 5) is 26.1. The van der Waals surface area contributed by atoms with E-state index in [1.807, 2.05) is 32.0 Å². The van der Waals surface area contributed by atoms with Crippen LogP contribution in [0, 0.1) is 5.92 Å². The fourth-order valence-electron chi connectivity index (χ4n) is 2.87. The van der Waals surface area contributed by atoms with Gasteiger partial charge >= 0.3 is 0 Å². The van der Waals surface area contributed by atoms with Crippen LogP contribution >= 0.6 is 0 Å². The number of nitrogens with one attached hydrogen (secondary N) is 1. The molecule has 1 N–H and O–H groups in total. The van der Waals surface area contributed by atoms with Crippen molar-refractivity contribution in [3.8, 4) is 11.5 Å². The van der Waals surface area contributed by atoms with Gasteiger partial charge in [-0.25, -0.2) is 0 Å². The summed E-state index contributed by atoms with van der Waals surface area (Å²) in [6.07, 6.45) is 3.24. The maximum Gasteiger partial charge on any atom is 0.247 e. The van der Waals surface area contributed by atoms with Gasteiger partial charge in [-0.2, -0.15) is 0 Å². The number of ether oxygens (including phenoxy) is 2. The van der Waals surface area contributed by atoms with Gasteiger partial charge in [-0.3, -0.25) is 9.59 Å². The van der Waals surface area contributed by atoms with E-state index in [0.29, 0.717) is 24.6 Å². The molecule has 1 aromatic carbocycles. The molecule has 1 atom stereocenters. The van der Waals surface area contributed by atoms with E-state index in [-0.39, 0.29) is 24.5 Å². The topological polar surface area (TPSA) is 67.9 Å². The Labute approximate surface area is 135 Å². The molecule has 1 aromatic rings. The van der Waals surface area contributed by atoms with E-state index in [9.17, 15) is 9.59 Å². The Kier molecular flexibility index (Phi) is 4.23. The molecule has 2 heterocycles. The second kappa shape index (κ2) is 6.32. The molecule has 6 nitrogen and oxygen atoms in total. The number of hydrogen-bond acceptors (Lipinski definition) is 4. The van der Waals surface area contributed by atoms with Crippen LogP contribution in [-0.4, -0.2) is 42.6 Å². The Bertz CT molecular complexity index is 654. The van der Waals surface area contributed by atoms with E-state index >= 15 is 0 Å². The summed E-state index contributed by atoms with van der Waals surface area (Å²) in [5, 5.41) is 2.81. The summed E-state index contributed by atoms with van der Waals surface area (Å²) in [6.45, 7) is 5.12. The third-order valence-electron chi connectivity index (χ3n) is 3.99. The third-order valence-corrected chi connectivity index (χ3v) is 3.99. The first-order valence-electron chi connectivity index (χ1n) is 7.72. The number of carbonyl (C=O) groups excluding carboxylic acids is 2. The fraction of sp³-hybridized carbons (Fsp3) is 0.412. The van der Waals surface area contributed by atoms with Crippen molar-refractivity contribution in [2.24, 2.45) is 5.92 Å². The number of carbonyl (C=O) groups is 2. The molecule has 2 aliphatic heterocycles. The number of nitrogens with zero attached hydrogens (tertiary/aromatic N) is 1. The van der Waals surface area contributed by atoms with Gasteiger partial charge < -0.3 is 19.7 Å². The smallest absolute Gasteiger partial charge is 0.247 e. The van der Waals surface area contributed by atoms with E-state index in [0.717, 1.165) is 5.56 Å². The van der Waals surface area contributed by atoms with Gasteiger partial charge in [-0.15, -0.1) is 0 Å². The van der Waals surface area contributed by atoms with Crippen LogP contribution in [0.1, 0.15) is 19.4 Å². The Morgan fingerprint density at radius 2 is 2.13 bits per heavy atom. The van der Waals surface area contributed by atoms with Gasteiger partial charge in [-0.1, -0.05) is 19.9 Å². The molecule has 23 heavy (non-hydrogen) atoms. The molecule has 122 valence electrons. The van der Waals surface area contributed by atoms with Gasteiger partial charge in [0.05, 0.1) is 0 Å². The molecule has 2 amide bonds. The number of amides is 2. The zero-order chi connectivity index (χ0) is 16.4. The minimum Gasteiger partial charge on any atom is -0.454 e.